The lowest BCUT2D eigenvalue weighted by molar-refractivity contribution is -0.660. The standard InChI is InChI=1S/C34H31N2O/c1-21-9-16-28-29-18-15-25(20-35)32(34(29)37-33(28)31(21)30-8-3-4-19-36(30)2)24-12-10-23(11-13-24)27-17-14-22-6-5-7-26(22)27/h3-4,8-13,15-16,18-19,22,26-27H,5-7,14,17H2,1-2H3/q+1. The molecule has 3 nitrogen and oxygen atoms in total. The number of pyridine rings is 1. The first kappa shape index (κ1) is 22.3. The summed E-state index contributed by atoms with van der Waals surface area (Å²) in [6, 6.07) is 26.0. The molecule has 3 aromatic carbocycles. The quantitative estimate of drug-likeness (QED) is 0.243. The van der Waals surface area contributed by atoms with Gasteiger partial charge in [0, 0.05) is 28.5 Å². The van der Waals surface area contributed by atoms with Crippen LogP contribution in [0.15, 0.2) is 77.3 Å². The van der Waals surface area contributed by atoms with Crippen molar-refractivity contribution in [3.63, 3.8) is 0 Å². The Morgan fingerprint density at radius 2 is 1.62 bits per heavy atom. The maximum Gasteiger partial charge on any atom is 0.216 e. The van der Waals surface area contributed by atoms with Crippen LogP contribution >= 0.6 is 0 Å². The van der Waals surface area contributed by atoms with Crippen LogP contribution in [-0.4, -0.2) is 0 Å². The summed E-state index contributed by atoms with van der Waals surface area (Å²) in [5.41, 5.74) is 9.11. The average molecular weight is 484 g/mol. The van der Waals surface area contributed by atoms with E-state index in [0.29, 0.717) is 11.5 Å². The van der Waals surface area contributed by atoms with Crippen LogP contribution in [0.1, 0.15) is 54.7 Å². The van der Waals surface area contributed by atoms with E-state index in [-0.39, 0.29) is 0 Å². The van der Waals surface area contributed by atoms with Gasteiger partial charge in [0.15, 0.2) is 6.20 Å². The summed E-state index contributed by atoms with van der Waals surface area (Å²) >= 11 is 0. The SMILES string of the molecule is Cc1ccc2c(oc3c(-c4ccc(C5CCC6CCCC65)cc4)c(C#N)ccc32)c1-c1cccc[n+]1C. The molecule has 3 unspecified atom stereocenters. The molecule has 2 heterocycles. The predicted octanol–water partition coefficient (Wildman–Crippen LogP) is 8.22. The lowest BCUT2D eigenvalue weighted by Gasteiger charge is -2.19. The summed E-state index contributed by atoms with van der Waals surface area (Å²) in [5.74, 6) is 2.49. The first-order valence-electron chi connectivity index (χ1n) is 13.6. The van der Waals surface area contributed by atoms with Gasteiger partial charge < -0.3 is 4.42 Å². The molecule has 5 aromatic rings. The Morgan fingerprint density at radius 1 is 0.838 bits per heavy atom. The minimum atomic E-state index is 0.652. The molecule has 0 aliphatic heterocycles. The zero-order valence-electron chi connectivity index (χ0n) is 21.5. The van der Waals surface area contributed by atoms with Gasteiger partial charge in [0.1, 0.15) is 18.2 Å². The van der Waals surface area contributed by atoms with E-state index in [1.54, 1.807) is 0 Å². The third-order valence-electron chi connectivity index (χ3n) is 9.16. The Kier molecular flexibility index (Phi) is 5.18. The highest BCUT2D eigenvalue weighted by atomic mass is 16.3. The Labute approximate surface area is 218 Å². The number of furan rings is 1. The molecule has 2 aliphatic carbocycles. The van der Waals surface area contributed by atoms with Gasteiger partial charge in [-0.2, -0.15) is 5.26 Å². The lowest BCUT2D eigenvalue weighted by atomic mass is 9.85. The highest BCUT2D eigenvalue weighted by molar-refractivity contribution is 6.14. The number of fused-ring (bicyclic) bond motifs is 4. The Hall–Kier alpha value is -3.90. The highest BCUT2D eigenvalue weighted by Gasteiger charge is 2.39. The molecule has 3 heteroatoms. The number of hydrogen-bond donors (Lipinski definition) is 0. The Bertz CT molecular complexity index is 1700. The van der Waals surface area contributed by atoms with Crippen LogP contribution in [0.25, 0.3) is 44.3 Å². The fourth-order valence-corrected chi connectivity index (χ4v) is 7.36. The summed E-state index contributed by atoms with van der Waals surface area (Å²) in [6.45, 7) is 2.13. The van der Waals surface area contributed by atoms with E-state index < -0.39 is 0 Å². The summed E-state index contributed by atoms with van der Waals surface area (Å²) in [6.07, 6.45) is 8.96. The van der Waals surface area contributed by atoms with Crippen LogP contribution in [0.4, 0.5) is 0 Å². The molecular formula is C34H31N2O+. The van der Waals surface area contributed by atoms with Crippen LogP contribution in [0, 0.1) is 30.1 Å². The van der Waals surface area contributed by atoms with E-state index in [9.17, 15) is 5.26 Å². The normalized spacial score (nSPS) is 20.9. The fourth-order valence-electron chi connectivity index (χ4n) is 7.36. The number of benzene rings is 3. The van der Waals surface area contributed by atoms with Crippen LogP contribution in [-0.2, 0) is 7.05 Å². The first-order chi connectivity index (χ1) is 18.1. The Morgan fingerprint density at radius 3 is 2.41 bits per heavy atom. The van der Waals surface area contributed by atoms with Crippen molar-refractivity contribution in [3.8, 4) is 28.5 Å². The average Bonchev–Trinajstić information content (AvgIpc) is 3.63. The molecule has 0 spiro atoms. The summed E-state index contributed by atoms with van der Waals surface area (Å²) in [4.78, 5) is 0. The van der Waals surface area contributed by atoms with E-state index in [4.69, 9.17) is 4.42 Å². The molecule has 3 atom stereocenters. The van der Waals surface area contributed by atoms with Gasteiger partial charge in [-0.3, -0.25) is 0 Å². The number of rotatable bonds is 3. The van der Waals surface area contributed by atoms with Gasteiger partial charge in [0.2, 0.25) is 5.69 Å². The van der Waals surface area contributed by atoms with Crippen molar-refractivity contribution >= 4 is 21.9 Å². The van der Waals surface area contributed by atoms with Crippen molar-refractivity contribution in [2.24, 2.45) is 18.9 Å². The van der Waals surface area contributed by atoms with Crippen LogP contribution in [0.2, 0.25) is 0 Å². The molecule has 0 amide bonds. The summed E-state index contributed by atoms with van der Waals surface area (Å²) in [7, 11) is 2.06. The second kappa shape index (κ2) is 8.60. The molecular weight excluding hydrogens is 452 g/mol. The summed E-state index contributed by atoms with van der Waals surface area (Å²) in [5, 5.41) is 12.2. The van der Waals surface area contributed by atoms with Crippen molar-refractivity contribution in [2.45, 2.75) is 44.9 Å². The third-order valence-corrected chi connectivity index (χ3v) is 9.16. The third kappa shape index (κ3) is 3.43. The molecule has 2 aromatic heterocycles. The van der Waals surface area contributed by atoms with E-state index in [1.165, 1.54) is 43.2 Å². The number of hydrogen-bond acceptors (Lipinski definition) is 2. The van der Waals surface area contributed by atoms with Crippen molar-refractivity contribution in [1.29, 1.82) is 5.26 Å². The van der Waals surface area contributed by atoms with Crippen molar-refractivity contribution in [1.82, 2.24) is 0 Å². The summed E-state index contributed by atoms with van der Waals surface area (Å²) < 4.78 is 8.86. The van der Waals surface area contributed by atoms with Gasteiger partial charge in [-0.15, -0.1) is 0 Å². The molecule has 2 aliphatic rings. The minimum absolute atomic E-state index is 0.652. The molecule has 2 fully saturated rings. The second-order valence-corrected chi connectivity index (χ2v) is 11.1. The number of nitriles is 1. The monoisotopic (exact) mass is 483 g/mol. The van der Waals surface area contributed by atoms with Gasteiger partial charge in [-0.05, 0) is 78.8 Å². The first-order valence-corrected chi connectivity index (χ1v) is 13.6. The molecule has 0 bridgehead atoms. The second-order valence-electron chi connectivity index (χ2n) is 11.1. The number of aryl methyl sites for hydroxylation is 2. The maximum atomic E-state index is 10.1. The molecule has 0 N–H and O–H groups in total. The number of nitrogens with zero attached hydrogens (tertiary/aromatic N) is 2. The van der Waals surface area contributed by atoms with Crippen LogP contribution < -0.4 is 4.57 Å². The molecule has 7 rings (SSSR count). The predicted molar refractivity (Wildman–Crippen MR) is 148 cm³/mol. The van der Waals surface area contributed by atoms with Crippen molar-refractivity contribution in [2.75, 3.05) is 0 Å². The van der Waals surface area contributed by atoms with Gasteiger partial charge >= 0.3 is 0 Å². The molecule has 0 saturated heterocycles. The van der Waals surface area contributed by atoms with Gasteiger partial charge in [0.25, 0.3) is 0 Å². The maximum absolute atomic E-state index is 10.1. The van der Waals surface area contributed by atoms with E-state index in [0.717, 1.165) is 56.2 Å². The lowest BCUT2D eigenvalue weighted by Crippen LogP contribution is -2.30. The molecule has 2 saturated carbocycles. The minimum Gasteiger partial charge on any atom is -0.454 e. The molecule has 37 heavy (non-hydrogen) atoms. The fraction of sp³-hybridized carbons (Fsp3) is 0.294. The smallest absolute Gasteiger partial charge is 0.216 e. The highest BCUT2D eigenvalue weighted by Crippen LogP contribution is 2.52. The van der Waals surface area contributed by atoms with Crippen LogP contribution in [0.5, 0.6) is 0 Å². The number of aromatic nitrogens is 1. The zero-order chi connectivity index (χ0) is 25.1. The Balaban J connectivity index is 1.40. The van der Waals surface area contributed by atoms with E-state index in [2.05, 4.69) is 79.3 Å². The zero-order valence-corrected chi connectivity index (χ0v) is 21.5. The van der Waals surface area contributed by atoms with E-state index in [1.807, 2.05) is 18.2 Å². The van der Waals surface area contributed by atoms with Gasteiger partial charge in [-0.25, -0.2) is 4.57 Å². The van der Waals surface area contributed by atoms with Crippen molar-refractivity contribution in [3.05, 3.63) is 89.6 Å². The topological polar surface area (TPSA) is 40.8 Å². The molecule has 182 valence electrons. The molecule has 0 radical (unpaired) electrons. The van der Waals surface area contributed by atoms with Crippen molar-refractivity contribution < 1.29 is 8.98 Å². The van der Waals surface area contributed by atoms with Gasteiger partial charge in [-0.1, -0.05) is 49.2 Å². The largest absolute Gasteiger partial charge is 0.454 e. The van der Waals surface area contributed by atoms with Gasteiger partial charge in [0.05, 0.1) is 17.2 Å². The van der Waals surface area contributed by atoms with E-state index >= 15 is 0 Å². The van der Waals surface area contributed by atoms with Crippen LogP contribution in [0.3, 0.4) is 0 Å².